The zero-order valence-electron chi connectivity index (χ0n) is 9.82. The number of nitrogens with zero attached hydrogens (tertiary/aromatic N) is 1. The van der Waals surface area contributed by atoms with Crippen LogP contribution >= 0.6 is 0 Å². The lowest BCUT2D eigenvalue weighted by Crippen LogP contribution is -2.26. The number of rotatable bonds is 2. The van der Waals surface area contributed by atoms with Gasteiger partial charge in [0.1, 0.15) is 5.82 Å². The summed E-state index contributed by atoms with van der Waals surface area (Å²) < 4.78 is 0. The van der Waals surface area contributed by atoms with E-state index < -0.39 is 0 Å². The first kappa shape index (κ1) is 10.6. The molecule has 1 saturated carbocycles. The molecule has 1 aliphatic rings. The summed E-state index contributed by atoms with van der Waals surface area (Å²) in [5.74, 6) is 1.67. The van der Waals surface area contributed by atoms with E-state index >= 15 is 0 Å². The number of H-pyrrole nitrogens is 2. The van der Waals surface area contributed by atoms with Crippen LogP contribution in [0, 0.1) is 0 Å². The fourth-order valence-corrected chi connectivity index (χ4v) is 2.57. The lowest BCUT2D eigenvalue weighted by molar-refractivity contribution is 0.386. The highest BCUT2D eigenvalue weighted by molar-refractivity contribution is 5.53. The van der Waals surface area contributed by atoms with Crippen molar-refractivity contribution in [3.63, 3.8) is 0 Å². The SMILES string of the molecule is NC1CCC(c2ncc(-c3ccc[nH]3)[nH]2)CC1. The molecule has 1 fully saturated rings. The molecule has 0 atom stereocenters. The molecule has 0 amide bonds. The van der Waals surface area contributed by atoms with Gasteiger partial charge in [0.25, 0.3) is 0 Å². The van der Waals surface area contributed by atoms with E-state index in [9.17, 15) is 0 Å². The maximum Gasteiger partial charge on any atom is 0.109 e. The molecule has 2 aromatic rings. The molecular weight excluding hydrogens is 212 g/mol. The molecule has 4 heteroatoms. The number of aromatic nitrogens is 3. The summed E-state index contributed by atoms with van der Waals surface area (Å²) >= 11 is 0. The van der Waals surface area contributed by atoms with Crippen molar-refractivity contribution in [2.75, 3.05) is 0 Å². The molecule has 3 rings (SSSR count). The molecule has 0 saturated heterocycles. The van der Waals surface area contributed by atoms with E-state index in [1.165, 1.54) is 0 Å². The normalized spacial score (nSPS) is 25.0. The second kappa shape index (κ2) is 4.37. The topological polar surface area (TPSA) is 70.5 Å². The first-order chi connectivity index (χ1) is 8.33. The number of hydrogen-bond donors (Lipinski definition) is 3. The molecule has 17 heavy (non-hydrogen) atoms. The van der Waals surface area contributed by atoms with Crippen LogP contribution in [0.3, 0.4) is 0 Å². The minimum atomic E-state index is 0.393. The molecule has 0 unspecified atom stereocenters. The molecule has 0 radical (unpaired) electrons. The van der Waals surface area contributed by atoms with Crippen molar-refractivity contribution >= 4 is 0 Å². The van der Waals surface area contributed by atoms with Crippen LogP contribution < -0.4 is 5.73 Å². The van der Waals surface area contributed by atoms with E-state index in [4.69, 9.17) is 5.73 Å². The summed E-state index contributed by atoms with van der Waals surface area (Å²) in [6.45, 7) is 0. The van der Waals surface area contributed by atoms with E-state index in [0.717, 1.165) is 42.9 Å². The van der Waals surface area contributed by atoms with Gasteiger partial charge >= 0.3 is 0 Å². The van der Waals surface area contributed by atoms with E-state index in [1.54, 1.807) is 0 Å². The molecule has 1 aliphatic carbocycles. The van der Waals surface area contributed by atoms with Gasteiger partial charge in [-0.25, -0.2) is 4.98 Å². The largest absolute Gasteiger partial charge is 0.360 e. The molecule has 4 N–H and O–H groups in total. The first-order valence-electron chi connectivity index (χ1n) is 6.27. The van der Waals surface area contributed by atoms with Gasteiger partial charge in [0, 0.05) is 18.2 Å². The first-order valence-corrected chi connectivity index (χ1v) is 6.27. The third-order valence-corrected chi connectivity index (χ3v) is 3.64. The number of imidazole rings is 1. The standard InChI is InChI=1S/C13H18N4/c14-10-5-3-9(4-6-10)13-16-8-12(17-13)11-2-1-7-15-11/h1-2,7-10,15H,3-6,14H2,(H,16,17). The fourth-order valence-electron chi connectivity index (χ4n) is 2.57. The Hall–Kier alpha value is -1.55. The van der Waals surface area contributed by atoms with Gasteiger partial charge in [-0.2, -0.15) is 0 Å². The van der Waals surface area contributed by atoms with Crippen molar-refractivity contribution in [2.45, 2.75) is 37.6 Å². The average Bonchev–Trinajstić information content (AvgIpc) is 3.00. The van der Waals surface area contributed by atoms with Crippen molar-refractivity contribution in [1.82, 2.24) is 15.0 Å². The smallest absolute Gasteiger partial charge is 0.109 e. The monoisotopic (exact) mass is 230 g/mol. The van der Waals surface area contributed by atoms with E-state index in [2.05, 4.69) is 15.0 Å². The summed E-state index contributed by atoms with van der Waals surface area (Å²) in [5.41, 5.74) is 8.08. The van der Waals surface area contributed by atoms with Crippen LogP contribution in [0.2, 0.25) is 0 Å². The summed E-state index contributed by atoms with van der Waals surface area (Å²) in [6, 6.07) is 4.44. The van der Waals surface area contributed by atoms with E-state index in [0.29, 0.717) is 12.0 Å². The highest BCUT2D eigenvalue weighted by Gasteiger charge is 2.22. The summed E-state index contributed by atoms with van der Waals surface area (Å²) in [5, 5.41) is 0. The zero-order valence-corrected chi connectivity index (χ0v) is 9.82. The van der Waals surface area contributed by atoms with Crippen molar-refractivity contribution in [3.05, 3.63) is 30.4 Å². The molecule has 2 heterocycles. The van der Waals surface area contributed by atoms with Gasteiger partial charge in [-0.05, 0) is 37.8 Å². The lowest BCUT2D eigenvalue weighted by Gasteiger charge is -2.24. The third kappa shape index (κ3) is 2.13. The van der Waals surface area contributed by atoms with Crippen molar-refractivity contribution in [2.24, 2.45) is 5.73 Å². The quantitative estimate of drug-likeness (QED) is 0.741. The van der Waals surface area contributed by atoms with E-state index in [-0.39, 0.29) is 0 Å². The predicted octanol–water partition coefficient (Wildman–Crippen LogP) is 2.39. The number of hydrogen-bond acceptors (Lipinski definition) is 2. The third-order valence-electron chi connectivity index (χ3n) is 3.64. The molecule has 4 nitrogen and oxygen atoms in total. The minimum absolute atomic E-state index is 0.393. The second-order valence-electron chi connectivity index (χ2n) is 4.88. The van der Waals surface area contributed by atoms with Crippen molar-refractivity contribution < 1.29 is 0 Å². The van der Waals surface area contributed by atoms with Gasteiger partial charge < -0.3 is 15.7 Å². The van der Waals surface area contributed by atoms with Crippen molar-refractivity contribution in [3.8, 4) is 11.4 Å². The molecule has 0 aliphatic heterocycles. The van der Waals surface area contributed by atoms with E-state index in [1.807, 2.05) is 24.5 Å². The van der Waals surface area contributed by atoms with Crippen molar-refractivity contribution in [1.29, 1.82) is 0 Å². The average molecular weight is 230 g/mol. The number of aromatic amines is 2. The summed E-state index contributed by atoms with van der Waals surface area (Å²) in [7, 11) is 0. The molecule has 90 valence electrons. The molecule has 0 aromatic carbocycles. The Morgan fingerprint density at radius 2 is 2.00 bits per heavy atom. The molecule has 0 bridgehead atoms. The Balaban J connectivity index is 1.76. The Morgan fingerprint density at radius 3 is 2.71 bits per heavy atom. The zero-order chi connectivity index (χ0) is 11.7. The van der Waals surface area contributed by atoms with Gasteiger partial charge in [0.15, 0.2) is 0 Å². The maximum atomic E-state index is 5.92. The van der Waals surface area contributed by atoms with Crippen LogP contribution in [0.1, 0.15) is 37.4 Å². The van der Waals surface area contributed by atoms with Gasteiger partial charge in [-0.15, -0.1) is 0 Å². The number of nitrogens with two attached hydrogens (primary N) is 1. The van der Waals surface area contributed by atoms with Gasteiger partial charge in [0.05, 0.1) is 17.6 Å². The Morgan fingerprint density at radius 1 is 1.18 bits per heavy atom. The van der Waals surface area contributed by atoms with Crippen LogP contribution in [0.25, 0.3) is 11.4 Å². The van der Waals surface area contributed by atoms with Crippen LogP contribution in [-0.2, 0) is 0 Å². The van der Waals surface area contributed by atoms with Crippen LogP contribution in [0.15, 0.2) is 24.5 Å². The van der Waals surface area contributed by atoms with Gasteiger partial charge in [-0.3, -0.25) is 0 Å². The Labute approximate surface area is 101 Å². The number of nitrogens with one attached hydrogen (secondary N) is 2. The van der Waals surface area contributed by atoms with Crippen LogP contribution in [-0.4, -0.2) is 21.0 Å². The highest BCUT2D eigenvalue weighted by Crippen LogP contribution is 2.31. The second-order valence-corrected chi connectivity index (χ2v) is 4.88. The maximum absolute atomic E-state index is 5.92. The molecular formula is C13H18N4. The van der Waals surface area contributed by atoms with Crippen LogP contribution in [0.5, 0.6) is 0 Å². The highest BCUT2D eigenvalue weighted by atomic mass is 14.9. The van der Waals surface area contributed by atoms with Crippen LogP contribution in [0.4, 0.5) is 0 Å². The molecule has 0 spiro atoms. The molecule has 2 aromatic heterocycles. The predicted molar refractivity (Wildman–Crippen MR) is 67.6 cm³/mol. The Kier molecular flexibility index (Phi) is 2.73. The summed E-state index contributed by atoms with van der Waals surface area (Å²) in [4.78, 5) is 11.1. The lowest BCUT2D eigenvalue weighted by atomic mass is 9.86. The fraction of sp³-hybridized carbons (Fsp3) is 0.462. The summed E-state index contributed by atoms with van der Waals surface area (Å²) in [6.07, 6.45) is 8.37. The van der Waals surface area contributed by atoms with Gasteiger partial charge in [0.2, 0.25) is 0 Å². The van der Waals surface area contributed by atoms with Gasteiger partial charge in [-0.1, -0.05) is 0 Å². The Bertz CT molecular complexity index is 463. The minimum Gasteiger partial charge on any atom is -0.360 e.